The number of esters is 2. The molecule has 0 bridgehead atoms. The van der Waals surface area contributed by atoms with Crippen molar-refractivity contribution in [2.45, 2.75) is 25.2 Å². The first-order valence-electron chi connectivity index (χ1n) is 9.63. The van der Waals surface area contributed by atoms with Crippen LogP contribution in [0.2, 0.25) is 0 Å². The Labute approximate surface area is 180 Å². The van der Waals surface area contributed by atoms with E-state index < -0.39 is 40.0 Å². The zero-order valence-corrected chi connectivity index (χ0v) is 17.8. The number of ketones is 1. The van der Waals surface area contributed by atoms with Gasteiger partial charge in [-0.05, 0) is 19.1 Å². The molecule has 31 heavy (non-hydrogen) atoms. The number of carbonyl (C=O) groups excluding carboxylic acids is 3. The van der Waals surface area contributed by atoms with Gasteiger partial charge in [-0.1, -0.05) is 49.4 Å². The molecule has 2 aromatic carbocycles. The van der Waals surface area contributed by atoms with Crippen molar-refractivity contribution in [2.75, 3.05) is 13.2 Å². The van der Waals surface area contributed by atoms with Crippen LogP contribution in [0.4, 0.5) is 0 Å². The molecule has 2 aromatic rings. The van der Waals surface area contributed by atoms with Crippen LogP contribution in [-0.4, -0.2) is 43.6 Å². The lowest BCUT2D eigenvalue weighted by Gasteiger charge is -2.32. The monoisotopic (exact) mass is 443 g/mol. The third-order valence-corrected chi connectivity index (χ3v) is 6.30. The van der Waals surface area contributed by atoms with Gasteiger partial charge in [-0.2, -0.15) is 0 Å². The summed E-state index contributed by atoms with van der Waals surface area (Å²) in [4.78, 5) is 37.6. The zero-order valence-electron chi connectivity index (χ0n) is 17.0. The van der Waals surface area contributed by atoms with E-state index in [-0.39, 0.29) is 34.8 Å². The van der Waals surface area contributed by atoms with Crippen LogP contribution in [0.25, 0.3) is 5.76 Å². The highest BCUT2D eigenvalue weighted by atomic mass is 32.2. The third-order valence-electron chi connectivity index (χ3n) is 4.50. The van der Waals surface area contributed by atoms with E-state index in [4.69, 9.17) is 9.47 Å². The van der Waals surface area contributed by atoms with Crippen molar-refractivity contribution in [1.82, 2.24) is 4.31 Å². The summed E-state index contributed by atoms with van der Waals surface area (Å²) in [6, 6.07) is 13.8. The Kier molecular flexibility index (Phi) is 6.55. The van der Waals surface area contributed by atoms with Gasteiger partial charge in [0, 0.05) is 17.5 Å². The van der Waals surface area contributed by atoms with Crippen LogP contribution >= 0.6 is 0 Å². The van der Waals surface area contributed by atoms with Gasteiger partial charge in [-0.25, -0.2) is 12.7 Å². The standard InChI is InChI=1S/C22H21NO7S/c1-3-18(24)30-22-16-12-8-9-13-17(16)31(27,28)23(14-19(25)29-4-2)20(22)21(26)15-10-6-5-7-11-15/h5-13H,3-4,14H2,1-2H3. The molecule has 3 rings (SSSR count). The van der Waals surface area contributed by atoms with Crippen molar-refractivity contribution >= 4 is 33.5 Å². The SMILES string of the molecule is CCOC(=O)CN1C(C(=O)c2ccccc2)=C(OC(=O)CC)c2ccccc2S1(=O)=O. The van der Waals surface area contributed by atoms with Crippen molar-refractivity contribution < 1.29 is 32.3 Å². The third kappa shape index (κ3) is 4.36. The molecule has 0 amide bonds. The number of hydrogen-bond acceptors (Lipinski definition) is 7. The van der Waals surface area contributed by atoms with E-state index in [0.717, 1.165) is 0 Å². The van der Waals surface area contributed by atoms with Crippen LogP contribution in [0.3, 0.4) is 0 Å². The lowest BCUT2D eigenvalue weighted by atomic mass is 10.0. The van der Waals surface area contributed by atoms with Crippen molar-refractivity contribution in [3.05, 3.63) is 71.4 Å². The molecule has 8 nitrogen and oxygen atoms in total. The minimum absolute atomic E-state index is 0.00308. The number of rotatable bonds is 7. The Morgan fingerprint density at radius 1 is 0.903 bits per heavy atom. The number of nitrogens with zero attached hydrogens (tertiary/aromatic N) is 1. The minimum Gasteiger partial charge on any atom is -0.465 e. The molecular weight excluding hydrogens is 422 g/mol. The predicted octanol–water partition coefficient (Wildman–Crippen LogP) is 2.76. The Bertz CT molecular complexity index is 1150. The highest BCUT2D eigenvalue weighted by Crippen LogP contribution is 2.38. The Morgan fingerprint density at radius 2 is 1.55 bits per heavy atom. The van der Waals surface area contributed by atoms with Gasteiger partial charge in [-0.15, -0.1) is 0 Å². The largest absolute Gasteiger partial charge is 0.465 e. The van der Waals surface area contributed by atoms with E-state index in [0.29, 0.717) is 4.31 Å². The molecule has 162 valence electrons. The number of benzene rings is 2. The normalized spacial score (nSPS) is 14.6. The van der Waals surface area contributed by atoms with E-state index in [1.54, 1.807) is 38.1 Å². The average molecular weight is 443 g/mol. The van der Waals surface area contributed by atoms with Crippen molar-refractivity contribution in [1.29, 1.82) is 0 Å². The number of sulfonamides is 1. The molecule has 0 atom stereocenters. The first-order valence-corrected chi connectivity index (χ1v) is 11.1. The second-order valence-corrected chi connectivity index (χ2v) is 8.34. The van der Waals surface area contributed by atoms with E-state index in [9.17, 15) is 22.8 Å². The first kappa shape index (κ1) is 22.2. The highest BCUT2D eigenvalue weighted by molar-refractivity contribution is 7.89. The van der Waals surface area contributed by atoms with E-state index in [1.807, 2.05) is 0 Å². The van der Waals surface area contributed by atoms with Gasteiger partial charge in [0.15, 0.2) is 5.76 Å². The van der Waals surface area contributed by atoms with Gasteiger partial charge in [0.2, 0.25) is 5.78 Å². The van der Waals surface area contributed by atoms with Crippen molar-refractivity contribution in [3.63, 3.8) is 0 Å². The summed E-state index contributed by atoms with van der Waals surface area (Å²) in [7, 11) is -4.31. The molecule has 0 N–H and O–H groups in total. The fraction of sp³-hybridized carbons (Fsp3) is 0.227. The molecule has 0 aliphatic carbocycles. The second-order valence-electron chi connectivity index (χ2n) is 6.51. The van der Waals surface area contributed by atoms with Gasteiger partial charge in [0.05, 0.1) is 11.5 Å². The highest BCUT2D eigenvalue weighted by Gasteiger charge is 2.42. The summed E-state index contributed by atoms with van der Waals surface area (Å²) < 4.78 is 37.8. The summed E-state index contributed by atoms with van der Waals surface area (Å²) in [6.45, 7) is 2.44. The Balaban J connectivity index is 2.31. The molecule has 1 heterocycles. The number of fused-ring (bicyclic) bond motifs is 1. The fourth-order valence-corrected chi connectivity index (χ4v) is 4.69. The lowest BCUT2D eigenvalue weighted by Crippen LogP contribution is -2.42. The maximum atomic E-state index is 13.4. The molecule has 1 aliphatic rings. The molecule has 0 spiro atoms. The van der Waals surface area contributed by atoms with Gasteiger partial charge in [0.25, 0.3) is 10.0 Å². The van der Waals surface area contributed by atoms with E-state index >= 15 is 0 Å². The summed E-state index contributed by atoms with van der Waals surface area (Å²) >= 11 is 0. The van der Waals surface area contributed by atoms with Crippen LogP contribution in [0, 0.1) is 0 Å². The summed E-state index contributed by atoms with van der Waals surface area (Å²) in [5.74, 6) is -2.42. The molecule has 0 unspecified atom stereocenters. The maximum Gasteiger partial charge on any atom is 0.326 e. The zero-order chi connectivity index (χ0) is 22.6. The summed E-state index contributed by atoms with van der Waals surface area (Å²) in [6.07, 6.45) is 0.00308. The van der Waals surface area contributed by atoms with Crippen molar-refractivity contribution in [2.24, 2.45) is 0 Å². The average Bonchev–Trinajstić information content (AvgIpc) is 2.77. The first-order chi connectivity index (χ1) is 14.8. The van der Waals surface area contributed by atoms with E-state index in [1.165, 1.54) is 30.3 Å². The minimum atomic E-state index is -4.31. The molecule has 0 fully saturated rings. The molecule has 9 heteroatoms. The smallest absolute Gasteiger partial charge is 0.326 e. The molecule has 1 aliphatic heterocycles. The number of hydrogen-bond donors (Lipinski definition) is 0. The van der Waals surface area contributed by atoms with Gasteiger partial charge < -0.3 is 9.47 Å². The molecular formula is C22H21NO7S. The van der Waals surface area contributed by atoms with Crippen LogP contribution < -0.4 is 0 Å². The summed E-state index contributed by atoms with van der Waals surface area (Å²) in [5, 5.41) is 0. The van der Waals surface area contributed by atoms with Crippen molar-refractivity contribution in [3.8, 4) is 0 Å². The Hall–Kier alpha value is -3.46. The lowest BCUT2D eigenvalue weighted by molar-refractivity contribution is -0.142. The van der Waals surface area contributed by atoms with Gasteiger partial charge in [0.1, 0.15) is 12.2 Å². The topological polar surface area (TPSA) is 107 Å². The summed E-state index contributed by atoms with van der Waals surface area (Å²) in [5.41, 5.74) is -0.172. The molecule has 0 aromatic heterocycles. The predicted molar refractivity (Wildman–Crippen MR) is 111 cm³/mol. The number of carbonyl (C=O) groups is 3. The quantitative estimate of drug-likeness (QED) is 0.478. The maximum absolute atomic E-state index is 13.4. The number of allylic oxidation sites excluding steroid dienone is 1. The van der Waals surface area contributed by atoms with Crippen LogP contribution in [0.15, 0.2) is 65.2 Å². The second kappa shape index (κ2) is 9.13. The number of ether oxygens (including phenoxy) is 2. The van der Waals surface area contributed by atoms with Crippen LogP contribution in [0.5, 0.6) is 0 Å². The molecule has 0 radical (unpaired) electrons. The van der Waals surface area contributed by atoms with Gasteiger partial charge in [-0.3, -0.25) is 14.4 Å². The Morgan fingerprint density at radius 3 is 2.19 bits per heavy atom. The molecule has 0 saturated carbocycles. The van der Waals surface area contributed by atoms with Gasteiger partial charge >= 0.3 is 11.9 Å². The van der Waals surface area contributed by atoms with Crippen LogP contribution in [0.1, 0.15) is 36.2 Å². The molecule has 0 saturated heterocycles. The fourth-order valence-electron chi connectivity index (χ4n) is 3.08. The van der Waals surface area contributed by atoms with E-state index in [2.05, 4.69) is 0 Å². The number of Topliss-reactive ketones (excluding diaryl/α,β-unsaturated/α-hetero) is 1. The van der Waals surface area contributed by atoms with Crippen LogP contribution in [-0.2, 0) is 29.1 Å².